The third-order valence-corrected chi connectivity index (χ3v) is 5.61. The molecule has 0 saturated carbocycles. The Balaban J connectivity index is 1.58. The summed E-state index contributed by atoms with van der Waals surface area (Å²) >= 11 is 5.80. The summed E-state index contributed by atoms with van der Waals surface area (Å²) in [6.07, 6.45) is 7.99. The van der Waals surface area contributed by atoms with Crippen LogP contribution in [0.15, 0.2) is 48.9 Å². The van der Waals surface area contributed by atoms with Gasteiger partial charge in [-0.1, -0.05) is 11.6 Å². The summed E-state index contributed by atoms with van der Waals surface area (Å²) in [5, 5.41) is -0.0424. The summed E-state index contributed by atoms with van der Waals surface area (Å²) < 4.78 is 19.0. The van der Waals surface area contributed by atoms with Crippen molar-refractivity contribution in [2.75, 3.05) is 13.2 Å². The van der Waals surface area contributed by atoms with E-state index in [4.69, 9.17) is 21.3 Å². The van der Waals surface area contributed by atoms with Crippen molar-refractivity contribution in [3.05, 3.63) is 71.3 Å². The lowest BCUT2D eigenvalue weighted by Crippen LogP contribution is -2.41. The molecule has 1 atom stereocenters. The largest absolute Gasteiger partial charge is 0.484 e. The molecule has 1 aromatic carbocycles. The number of nitrogens with zero attached hydrogens (tertiary/aromatic N) is 4. The molecule has 0 spiro atoms. The Labute approximate surface area is 185 Å². The van der Waals surface area contributed by atoms with Gasteiger partial charge in [0.2, 0.25) is 0 Å². The lowest BCUT2D eigenvalue weighted by Gasteiger charge is -2.36. The fraction of sp³-hybridized carbons (Fsp3) is 0.304. The van der Waals surface area contributed by atoms with E-state index in [0.29, 0.717) is 18.1 Å². The lowest BCUT2D eigenvalue weighted by atomic mass is 9.94. The van der Waals surface area contributed by atoms with E-state index in [-0.39, 0.29) is 23.6 Å². The van der Waals surface area contributed by atoms with Crippen LogP contribution in [0.2, 0.25) is 5.02 Å². The van der Waals surface area contributed by atoms with Gasteiger partial charge in [0.25, 0.3) is 5.91 Å². The minimum absolute atomic E-state index is 0.0424. The Morgan fingerprint density at radius 1 is 1.26 bits per heavy atom. The van der Waals surface area contributed by atoms with Crippen molar-refractivity contribution in [1.82, 2.24) is 19.9 Å². The molecule has 3 aromatic rings. The number of carbonyl (C=O) groups excluding carboxylic acids is 1. The Morgan fingerprint density at radius 2 is 2.06 bits per heavy atom. The van der Waals surface area contributed by atoms with Gasteiger partial charge >= 0.3 is 0 Å². The fourth-order valence-corrected chi connectivity index (χ4v) is 3.97. The van der Waals surface area contributed by atoms with Crippen LogP contribution in [-0.2, 0) is 4.79 Å². The van der Waals surface area contributed by atoms with Gasteiger partial charge in [0.05, 0.1) is 16.8 Å². The lowest BCUT2D eigenvalue weighted by molar-refractivity contribution is -0.137. The summed E-state index contributed by atoms with van der Waals surface area (Å²) in [5.41, 5.74) is 2.68. The first-order valence-corrected chi connectivity index (χ1v) is 10.5. The third kappa shape index (κ3) is 4.82. The van der Waals surface area contributed by atoms with E-state index < -0.39 is 5.82 Å². The molecule has 8 heteroatoms. The smallest absolute Gasteiger partial charge is 0.261 e. The Hall–Kier alpha value is -3.06. The van der Waals surface area contributed by atoms with E-state index in [0.717, 1.165) is 36.1 Å². The zero-order valence-corrected chi connectivity index (χ0v) is 17.8. The monoisotopic (exact) mass is 440 g/mol. The molecule has 0 radical (unpaired) electrons. The molecule has 1 aliphatic heterocycles. The second kappa shape index (κ2) is 9.39. The molecule has 1 saturated heterocycles. The molecule has 0 aliphatic carbocycles. The number of halogens is 2. The van der Waals surface area contributed by atoms with Crippen molar-refractivity contribution in [2.45, 2.75) is 32.2 Å². The Morgan fingerprint density at radius 3 is 2.84 bits per heavy atom. The van der Waals surface area contributed by atoms with Gasteiger partial charge < -0.3 is 9.64 Å². The highest BCUT2D eigenvalue weighted by Gasteiger charge is 2.31. The highest BCUT2D eigenvalue weighted by molar-refractivity contribution is 6.30. The maximum atomic E-state index is 13.4. The molecule has 0 N–H and O–H groups in total. The second-order valence-corrected chi connectivity index (χ2v) is 7.82. The van der Waals surface area contributed by atoms with Gasteiger partial charge in [0, 0.05) is 36.8 Å². The maximum absolute atomic E-state index is 13.4. The van der Waals surface area contributed by atoms with Gasteiger partial charge in [-0.3, -0.25) is 9.78 Å². The van der Waals surface area contributed by atoms with Crippen molar-refractivity contribution in [3.63, 3.8) is 0 Å². The molecule has 0 unspecified atom stereocenters. The number of aromatic nitrogens is 3. The molecule has 0 bridgehead atoms. The number of rotatable bonds is 5. The first kappa shape index (κ1) is 21.2. The number of ether oxygens (including phenoxy) is 1. The third-order valence-electron chi connectivity index (χ3n) is 5.32. The fourth-order valence-electron chi connectivity index (χ4n) is 3.80. The minimum Gasteiger partial charge on any atom is -0.484 e. The predicted octanol–water partition coefficient (Wildman–Crippen LogP) is 4.77. The molecule has 2 aromatic heterocycles. The first-order chi connectivity index (χ1) is 15.0. The van der Waals surface area contributed by atoms with Crippen molar-refractivity contribution in [3.8, 4) is 16.9 Å². The molecule has 6 nitrogen and oxygen atoms in total. The van der Waals surface area contributed by atoms with Gasteiger partial charge in [-0.05, 0) is 56.0 Å². The summed E-state index contributed by atoms with van der Waals surface area (Å²) in [7, 11) is 0. The number of likely N-dealkylation sites (tertiary alicyclic amines) is 1. The van der Waals surface area contributed by atoms with Crippen LogP contribution in [0.4, 0.5) is 4.39 Å². The van der Waals surface area contributed by atoms with Crippen molar-refractivity contribution < 1.29 is 13.9 Å². The summed E-state index contributed by atoms with van der Waals surface area (Å²) in [6, 6.07) is 7.69. The van der Waals surface area contributed by atoms with Crippen LogP contribution in [0.5, 0.6) is 5.75 Å². The zero-order chi connectivity index (χ0) is 21.8. The average molecular weight is 441 g/mol. The number of piperidine rings is 1. The number of carbonyl (C=O) groups is 1. The van der Waals surface area contributed by atoms with Crippen molar-refractivity contribution in [1.29, 1.82) is 0 Å². The van der Waals surface area contributed by atoms with Gasteiger partial charge in [-0.2, -0.15) is 0 Å². The highest BCUT2D eigenvalue weighted by Crippen LogP contribution is 2.35. The zero-order valence-electron chi connectivity index (χ0n) is 17.1. The van der Waals surface area contributed by atoms with Gasteiger partial charge in [0.1, 0.15) is 17.4 Å². The molecule has 31 heavy (non-hydrogen) atoms. The van der Waals surface area contributed by atoms with Gasteiger partial charge in [-0.15, -0.1) is 0 Å². The van der Waals surface area contributed by atoms with Crippen LogP contribution < -0.4 is 4.74 Å². The van der Waals surface area contributed by atoms with Crippen LogP contribution in [0.1, 0.15) is 36.8 Å². The molecule has 3 heterocycles. The molecular weight excluding hydrogens is 419 g/mol. The van der Waals surface area contributed by atoms with Crippen molar-refractivity contribution >= 4 is 17.5 Å². The number of pyridine rings is 1. The number of hydrogen-bond donors (Lipinski definition) is 0. The summed E-state index contributed by atoms with van der Waals surface area (Å²) in [6.45, 7) is 2.30. The standard InChI is InChI=1S/C23H22ClFN4O2/c1-15-27-13-18(16-7-9-26-10-8-16)23(28-15)21-4-2-3-11-29(21)22(30)14-31-17-5-6-20(25)19(24)12-17/h5-10,12-13,21H,2-4,11,14H2,1H3/t21-/m0/s1. The molecule has 1 fully saturated rings. The topological polar surface area (TPSA) is 68.2 Å². The van der Waals surface area contributed by atoms with Crippen molar-refractivity contribution in [2.24, 2.45) is 0 Å². The molecule has 160 valence electrons. The molecule has 1 aliphatic rings. The Bertz CT molecular complexity index is 1080. The normalized spacial score (nSPS) is 16.2. The molecule has 1 amide bonds. The molecular formula is C23H22ClFN4O2. The van der Waals surface area contributed by atoms with E-state index >= 15 is 0 Å². The number of amides is 1. The van der Waals surface area contributed by atoms with E-state index in [1.165, 1.54) is 18.2 Å². The van der Waals surface area contributed by atoms with Crippen LogP contribution in [0.25, 0.3) is 11.1 Å². The quantitative estimate of drug-likeness (QED) is 0.571. The summed E-state index contributed by atoms with van der Waals surface area (Å²) in [4.78, 5) is 28.1. The highest BCUT2D eigenvalue weighted by atomic mass is 35.5. The van der Waals surface area contributed by atoms with E-state index in [1.807, 2.05) is 24.0 Å². The first-order valence-electron chi connectivity index (χ1n) is 10.1. The second-order valence-electron chi connectivity index (χ2n) is 7.42. The van der Waals surface area contributed by atoms with E-state index in [2.05, 4.69) is 9.97 Å². The minimum atomic E-state index is -0.529. The number of aryl methyl sites for hydroxylation is 1. The Kier molecular flexibility index (Phi) is 6.42. The SMILES string of the molecule is Cc1ncc(-c2ccncc2)c([C@@H]2CCCCN2C(=O)COc2ccc(F)c(Cl)c2)n1. The number of benzene rings is 1. The van der Waals surface area contributed by atoms with Crippen LogP contribution >= 0.6 is 11.6 Å². The van der Waals surface area contributed by atoms with Crippen LogP contribution in [0, 0.1) is 12.7 Å². The number of hydrogen-bond acceptors (Lipinski definition) is 5. The maximum Gasteiger partial charge on any atom is 0.261 e. The average Bonchev–Trinajstić information content (AvgIpc) is 2.80. The van der Waals surface area contributed by atoms with E-state index in [9.17, 15) is 9.18 Å². The summed E-state index contributed by atoms with van der Waals surface area (Å²) in [5.74, 6) is 0.327. The van der Waals surface area contributed by atoms with E-state index in [1.54, 1.807) is 18.6 Å². The predicted molar refractivity (Wildman–Crippen MR) is 115 cm³/mol. The van der Waals surface area contributed by atoms with Gasteiger partial charge in [0.15, 0.2) is 6.61 Å². The van der Waals surface area contributed by atoms with Crippen LogP contribution in [0.3, 0.4) is 0 Å². The van der Waals surface area contributed by atoms with Gasteiger partial charge in [-0.25, -0.2) is 14.4 Å². The van der Waals surface area contributed by atoms with Crippen LogP contribution in [-0.4, -0.2) is 38.9 Å². The molecule has 4 rings (SSSR count).